The Morgan fingerprint density at radius 1 is 0.893 bits per heavy atom. The Balaban J connectivity index is 2.07. The summed E-state index contributed by atoms with van der Waals surface area (Å²) in [5.41, 5.74) is 2.20. The van der Waals surface area contributed by atoms with E-state index in [0.717, 1.165) is 22.6 Å². The number of amides is 2. The zero-order chi connectivity index (χ0) is 20.4. The summed E-state index contributed by atoms with van der Waals surface area (Å²) in [6.45, 7) is 8.35. The molecule has 0 aliphatic heterocycles. The largest absolute Gasteiger partial charge is 0.349 e. The number of likely N-dealkylation sites (N-methyl/N-ethyl adjacent to an activating group) is 1. The molecule has 0 spiro atoms. The van der Waals surface area contributed by atoms with Crippen molar-refractivity contribution in [3.63, 3.8) is 0 Å². The number of hydrogen-bond acceptors (Lipinski definition) is 2. The second kappa shape index (κ2) is 11.2. The van der Waals surface area contributed by atoms with Gasteiger partial charge >= 0.3 is 0 Å². The number of quaternary nitrogens is 1. The smallest absolute Gasteiger partial charge is 0.278 e. The Bertz CT molecular complexity index is 691. The summed E-state index contributed by atoms with van der Waals surface area (Å²) < 4.78 is 0. The summed E-state index contributed by atoms with van der Waals surface area (Å²) in [4.78, 5) is 28.0. The van der Waals surface area contributed by atoms with Gasteiger partial charge in [-0.2, -0.15) is 0 Å². The molecule has 2 aromatic carbocycles. The van der Waals surface area contributed by atoms with Crippen molar-refractivity contribution < 1.29 is 14.5 Å². The van der Waals surface area contributed by atoms with E-state index < -0.39 is 0 Å². The van der Waals surface area contributed by atoms with Crippen molar-refractivity contribution in [1.29, 1.82) is 0 Å². The number of nitrogens with zero attached hydrogens (tertiary/aromatic N) is 1. The fourth-order valence-electron chi connectivity index (χ4n) is 3.08. The Hall–Kier alpha value is -2.66. The van der Waals surface area contributed by atoms with Crippen LogP contribution in [0.3, 0.4) is 0 Å². The molecule has 0 saturated heterocycles. The zero-order valence-electron chi connectivity index (χ0n) is 17.2. The molecule has 2 N–H and O–H groups in total. The number of benzene rings is 2. The highest BCUT2D eigenvalue weighted by Gasteiger charge is 2.22. The second-order valence-corrected chi connectivity index (χ2v) is 7.40. The van der Waals surface area contributed by atoms with Crippen LogP contribution in [0.1, 0.15) is 31.9 Å². The molecule has 1 atom stereocenters. The van der Waals surface area contributed by atoms with E-state index in [9.17, 15) is 9.59 Å². The Kier molecular flexibility index (Phi) is 8.69. The van der Waals surface area contributed by atoms with E-state index in [1.165, 1.54) is 0 Å². The predicted molar refractivity (Wildman–Crippen MR) is 112 cm³/mol. The minimum absolute atomic E-state index is 0.0164. The molecule has 5 heteroatoms. The highest BCUT2D eigenvalue weighted by atomic mass is 16.2. The van der Waals surface area contributed by atoms with Gasteiger partial charge in [0.05, 0.1) is 6.54 Å². The summed E-state index contributed by atoms with van der Waals surface area (Å²) in [5, 5.41) is 2.91. The van der Waals surface area contributed by atoms with Gasteiger partial charge in [-0.1, -0.05) is 60.7 Å². The predicted octanol–water partition coefficient (Wildman–Crippen LogP) is 1.64. The van der Waals surface area contributed by atoms with Crippen LogP contribution in [0, 0.1) is 0 Å². The minimum Gasteiger partial charge on any atom is -0.349 e. The topological polar surface area (TPSA) is 53.9 Å². The lowest BCUT2D eigenvalue weighted by molar-refractivity contribution is -0.882. The molecular formula is C23H32N3O2+. The molecule has 0 aliphatic carbocycles. The molecule has 2 amide bonds. The fourth-order valence-corrected chi connectivity index (χ4v) is 3.08. The van der Waals surface area contributed by atoms with Crippen molar-refractivity contribution in [2.75, 3.05) is 19.6 Å². The molecule has 0 fully saturated rings. The van der Waals surface area contributed by atoms with Gasteiger partial charge in [-0.3, -0.25) is 9.59 Å². The van der Waals surface area contributed by atoms with E-state index in [1.807, 2.05) is 86.3 Å². The minimum atomic E-state index is -0.0164. The second-order valence-electron chi connectivity index (χ2n) is 7.40. The van der Waals surface area contributed by atoms with Crippen molar-refractivity contribution in [3.8, 4) is 0 Å². The number of carbonyl (C=O) groups excluding carboxylic acids is 2. The SMILES string of the molecule is CC[NH+](CC(=O)NC(C)C)CC(=O)N(Cc1ccccc1)Cc1ccccc1. The maximum absolute atomic E-state index is 13.1. The monoisotopic (exact) mass is 382 g/mol. The summed E-state index contributed by atoms with van der Waals surface area (Å²) >= 11 is 0. The van der Waals surface area contributed by atoms with Crippen molar-refractivity contribution >= 4 is 11.8 Å². The Morgan fingerprint density at radius 2 is 1.39 bits per heavy atom. The summed E-state index contributed by atoms with van der Waals surface area (Å²) in [6, 6.07) is 20.1. The number of carbonyl (C=O) groups is 2. The Morgan fingerprint density at radius 3 is 1.82 bits per heavy atom. The molecule has 0 saturated carbocycles. The van der Waals surface area contributed by atoms with E-state index in [4.69, 9.17) is 0 Å². The van der Waals surface area contributed by atoms with Gasteiger partial charge < -0.3 is 15.1 Å². The third kappa shape index (κ3) is 7.53. The molecule has 28 heavy (non-hydrogen) atoms. The van der Waals surface area contributed by atoms with Crippen LogP contribution in [0.4, 0.5) is 0 Å². The maximum atomic E-state index is 13.1. The molecule has 1 unspecified atom stereocenters. The normalized spacial score (nSPS) is 11.9. The van der Waals surface area contributed by atoms with Gasteiger partial charge in [0.1, 0.15) is 0 Å². The van der Waals surface area contributed by atoms with Crippen LogP contribution in [0.5, 0.6) is 0 Å². The van der Waals surface area contributed by atoms with Gasteiger partial charge in [-0.25, -0.2) is 0 Å². The summed E-state index contributed by atoms with van der Waals surface area (Å²) in [6.07, 6.45) is 0. The molecule has 0 radical (unpaired) electrons. The van der Waals surface area contributed by atoms with E-state index >= 15 is 0 Å². The van der Waals surface area contributed by atoms with E-state index in [1.54, 1.807) is 0 Å². The molecule has 0 aliphatic rings. The Labute approximate surface area is 168 Å². The molecule has 2 rings (SSSR count). The van der Waals surface area contributed by atoms with Crippen LogP contribution >= 0.6 is 0 Å². The van der Waals surface area contributed by atoms with Crippen LogP contribution in [0.2, 0.25) is 0 Å². The third-order valence-electron chi connectivity index (χ3n) is 4.55. The van der Waals surface area contributed by atoms with Gasteiger partial charge in [-0.05, 0) is 31.9 Å². The lowest BCUT2D eigenvalue weighted by Gasteiger charge is -2.25. The first-order valence-corrected chi connectivity index (χ1v) is 9.96. The third-order valence-corrected chi connectivity index (χ3v) is 4.55. The van der Waals surface area contributed by atoms with Gasteiger partial charge in [0, 0.05) is 19.1 Å². The van der Waals surface area contributed by atoms with Gasteiger partial charge in [0.25, 0.3) is 11.8 Å². The van der Waals surface area contributed by atoms with Crippen LogP contribution in [-0.2, 0) is 22.7 Å². The van der Waals surface area contributed by atoms with Crippen LogP contribution in [-0.4, -0.2) is 42.4 Å². The standard InChI is InChI=1S/C23H31N3O2/c1-4-25(17-22(27)24-19(2)3)18-23(28)26(15-20-11-7-5-8-12-20)16-21-13-9-6-10-14-21/h5-14,19H,4,15-18H2,1-3H3,(H,24,27)/p+1. The first-order chi connectivity index (χ1) is 13.5. The zero-order valence-corrected chi connectivity index (χ0v) is 17.2. The molecule has 5 nitrogen and oxygen atoms in total. The first kappa shape index (κ1) is 21.6. The maximum Gasteiger partial charge on any atom is 0.278 e. The fraction of sp³-hybridized carbons (Fsp3) is 0.391. The molecule has 150 valence electrons. The van der Waals surface area contributed by atoms with Crippen molar-refractivity contribution in [1.82, 2.24) is 10.2 Å². The average molecular weight is 383 g/mol. The lowest BCUT2D eigenvalue weighted by atomic mass is 10.1. The van der Waals surface area contributed by atoms with E-state index in [-0.39, 0.29) is 17.9 Å². The quantitative estimate of drug-likeness (QED) is 0.656. The van der Waals surface area contributed by atoms with Crippen LogP contribution in [0.15, 0.2) is 60.7 Å². The summed E-state index contributed by atoms with van der Waals surface area (Å²) in [5.74, 6) is 0.0409. The van der Waals surface area contributed by atoms with Gasteiger partial charge in [0.15, 0.2) is 13.1 Å². The van der Waals surface area contributed by atoms with Crippen LogP contribution < -0.4 is 10.2 Å². The van der Waals surface area contributed by atoms with Crippen LogP contribution in [0.25, 0.3) is 0 Å². The number of rotatable bonds is 10. The van der Waals surface area contributed by atoms with E-state index in [0.29, 0.717) is 26.2 Å². The van der Waals surface area contributed by atoms with Crippen molar-refractivity contribution in [2.24, 2.45) is 0 Å². The lowest BCUT2D eigenvalue weighted by Crippen LogP contribution is -3.14. The molecular weight excluding hydrogens is 350 g/mol. The van der Waals surface area contributed by atoms with Gasteiger partial charge in [0.2, 0.25) is 0 Å². The highest BCUT2D eigenvalue weighted by Crippen LogP contribution is 2.10. The number of nitrogens with one attached hydrogen (secondary N) is 2. The molecule has 2 aromatic rings. The molecule has 0 heterocycles. The highest BCUT2D eigenvalue weighted by molar-refractivity contribution is 5.79. The molecule has 0 bridgehead atoms. The summed E-state index contributed by atoms with van der Waals surface area (Å²) in [7, 11) is 0. The number of hydrogen-bond donors (Lipinski definition) is 2. The van der Waals surface area contributed by atoms with E-state index in [2.05, 4.69) is 5.32 Å². The van der Waals surface area contributed by atoms with Crippen molar-refractivity contribution in [2.45, 2.75) is 39.9 Å². The van der Waals surface area contributed by atoms with Crippen molar-refractivity contribution in [3.05, 3.63) is 71.8 Å². The average Bonchev–Trinajstić information content (AvgIpc) is 2.68. The molecule has 0 aromatic heterocycles. The van der Waals surface area contributed by atoms with Gasteiger partial charge in [-0.15, -0.1) is 0 Å². The first-order valence-electron chi connectivity index (χ1n) is 9.96.